The normalized spacial score (nSPS) is 12.0. The molecule has 0 radical (unpaired) electrons. The summed E-state index contributed by atoms with van der Waals surface area (Å²) in [6, 6.07) is 12.2. The average molecular weight is 363 g/mol. The number of rotatable bonds is 5. The minimum absolute atomic E-state index is 0.0624. The Hall–Kier alpha value is -2.21. The third-order valence-corrected chi connectivity index (χ3v) is 5.52. The Morgan fingerprint density at radius 3 is 2.28 bits per heavy atom. The summed E-state index contributed by atoms with van der Waals surface area (Å²) in [4.78, 5) is 12.1. The van der Waals surface area contributed by atoms with E-state index in [1.807, 2.05) is 20.8 Å². The van der Waals surface area contributed by atoms with Crippen LogP contribution in [0.3, 0.4) is 0 Å². The molecule has 1 amide bonds. The molecule has 0 aliphatic heterocycles. The second-order valence-electron chi connectivity index (χ2n) is 6.90. The van der Waals surface area contributed by atoms with Crippen LogP contribution in [-0.4, -0.2) is 20.1 Å². The van der Waals surface area contributed by atoms with Crippen LogP contribution in [0, 0.1) is 5.82 Å². The first kappa shape index (κ1) is 19.1. The first-order chi connectivity index (χ1) is 11.6. The van der Waals surface area contributed by atoms with Gasteiger partial charge in [0, 0.05) is 12.1 Å². The van der Waals surface area contributed by atoms with Crippen LogP contribution in [0.2, 0.25) is 0 Å². The molecule has 2 aromatic carbocycles. The maximum absolute atomic E-state index is 13.1. The Kier molecular flexibility index (Phi) is 5.62. The minimum atomic E-state index is -3.55. The van der Waals surface area contributed by atoms with E-state index in [0.29, 0.717) is 5.69 Å². The van der Waals surface area contributed by atoms with E-state index in [4.69, 9.17) is 0 Å². The molecule has 2 aromatic rings. The standard InChI is InChI=1S/C19H22FNO3S/c1-19(2,3)14-7-9-17(10-8-14)25(23,24)12-11-18(22)21-16-6-4-5-15(20)13-16/h4-10,13H,11-12H2,1-3H3,(H,21,22). The lowest BCUT2D eigenvalue weighted by atomic mass is 9.87. The Labute approximate surface area is 148 Å². The van der Waals surface area contributed by atoms with Gasteiger partial charge in [0.2, 0.25) is 5.91 Å². The van der Waals surface area contributed by atoms with Gasteiger partial charge in [-0.25, -0.2) is 12.8 Å². The van der Waals surface area contributed by atoms with Crippen LogP contribution in [0.4, 0.5) is 10.1 Å². The topological polar surface area (TPSA) is 63.2 Å². The summed E-state index contributed by atoms with van der Waals surface area (Å²) < 4.78 is 37.8. The molecule has 4 nitrogen and oxygen atoms in total. The molecule has 0 saturated carbocycles. The van der Waals surface area contributed by atoms with E-state index in [1.54, 1.807) is 30.3 Å². The van der Waals surface area contributed by atoms with Gasteiger partial charge >= 0.3 is 0 Å². The summed E-state index contributed by atoms with van der Waals surface area (Å²) in [5.74, 6) is -1.24. The smallest absolute Gasteiger partial charge is 0.225 e. The zero-order valence-electron chi connectivity index (χ0n) is 14.5. The molecule has 0 saturated heterocycles. The van der Waals surface area contributed by atoms with Crippen molar-refractivity contribution in [2.75, 3.05) is 11.1 Å². The minimum Gasteiger partial charge on any atom is -0.326 e. The van der Waals surface area contributed by atoms with E-state index < -0.39 is 21.6 Å². The number of benzene rings is 2. The summed E-state index contributed by atoms with van der Waals surface area (Å²) in [7, 11) is -3.55. The molecule has 0 bridgehead atoms. The first-order valence-electron chi connectivity index (χ1n) is 7.97. The van der Waals surface area contributed by atoms with Crippen molar-refractivity contribution in [3.63, 3.8) is 0 Å². The molecule has 0 aliphatic carbocycles. The third-order valence-electron chi connectivity index (χ3n) is 3.79. The number of sulfone groups is 1. The molecule has 0 fully saturated rings. The van der Waals surface area contributed by atoms with E-state index in [9.17, 15) is 17.6 Å². The predicted octanol–water partition coefficient (Wildman–Crippen LogP) is 3.93. The van der Waals surface area contributed by atoms with Gasteiger partial charge in [-0.15, -0.1) is 0 Å². The number of halogens is 1. The Bertz CT molecular complexity index is 853. The number of carbonyl (C=O) groups is 1. The van der Waals surface area contributed by atoms with Crippen molar-refractivity contribution >= 4 is 21.4 Å². The van der Waals surface area contributed by atoms with E-state index >= 15 is 0 Å². The third kappa shape index (κ3) is 5.39. The van der Waals surface area contributed by atoms with E-state index in [2.05, 4.69) is 5.32 Å². The first-order valence-corrected chi connectivity index (χ1v) is 9.62. The molecule has 0 atom stereocenters. The summed E-state index contributed by atoms with van der Waals surface area (Å²) in [5.41, 5.74) is 1.28. The molecule has 0 heterocycles. The highest BCUT2D eigenvalue weighted by Gasteiger charge is 2.19. The van der Waals surface area contributed by atoms with Gasteiger partial charge in [-0.05, 0) is 41.3 Å². The molecule has 0 aliphatic rings. The molecule has 6 heteroatoms. The SMILES string of the molecule is CC(C)(C)c1ccc(S(=O)(=O)CCC(=O)Nc2cccc(F)c2)cc1. The van der Waals surface area contributed by atoms with Gasteiger partial charge in [0.15, 0.2) is 9.84 Å². The van der Waals surface area contributed by atoms with Crippen LogP contribution < -0.4 is 5.32 Å². The fourth-order valence-corrected chi connectivity index (χ4v) is 3.54. The average Bonchev–Trinajstić information content (AvgIpc) is 2.52. The van der Waals surface area contributed by atoms with E-state index in [1.165, 1.54) is 18.2 Å². The zero-order valence-corrected chi connectivity index (χ0v) is 15.4. The molecule has 0 aromatic heterocycles. The molecule has 134 valence electrons. The van der Waals surface area contributed by atoms with Gasteiger partial charge in [-0.1, -0.05) is 39.0 Å². The summed E-state index contributed by atoms with van der Waals surface area (Å²) in [5, 5.41) is 2.49. The molecule has 0 unspecified atom stereocenters. The fraction of sp³-hybridized carbons (Fsp3) is 0.316. The molecule has 1 N–H and O–H groups in total. The van der Waals surface area contributed by atoms with E-state index in [0.717, 1.165) is 5.56 Å². The largest absolute Gasteiger partial charge is 0.326 e. The van der Waals surface area contributed by atoms with Crippen molar-refractivity contribution < 1.29 is 17.6 Å². The van der Waals surface area contributed by atoms with Crippen molar-refractivity contribution in [2.24, 2.45) is 0 Å². The molecule has 2 rings (SSSR count). The number of hydrogen-bond donors (Lipinski definition) is 1. The summed E-state index contributed by atoms with van der Waals surface area (Å²) in [6.07, 6.45) is -0.195. The van der Waals surface area contributed by atoms with Crippen molar-refractivity contribution in [2.45, 2.75) is 37.5 Å². The number of amides is 1. The van der Waals surface area contributed by atoms with Gasteiger partial charge in [0.05, 0.1) is 10.6 Å². The van der Waals surface area contributed by atoms with Crippen molar-refractivity contribution in [1.29, 1.82) is 0 Å². The lowest BCUT2D eigenvalue weighted by Gasteiger charge is -2.19. The van der Waals surface area contributed by atoms with Gasteiger partial charge in [0.1, 0.15) is 5.82 Å². The van der Waals surface area contributed by atoms with Crippen molar-refractivity contribution in [1.82, 2.24) is 0 Å². The maximum Gasteiger partial charge on any atom is 0.225 e. The highest BCUT2D eigenvalue weighted by atomic mass is 32.2. The number of carbonyl (C=O) groups excluding carboxylic acids is 1. The summed E-state index contributed by atoms with van der Waals surface area (Å²) >= 11 is 0. The van der Waals surface area contributed by atoms with Crippen LogP contribution in [0.15, 0.2) is 53.4 Å². The highest BCUT2D eigenvalue weighted by molar-refractivity contribution is 7.91. The van der Waals surface area contributed by atoms with Gasteiger partial charge in [0.25, 0.3) is 0 Å². The second kappa shape index (κ2) is 7.35. The lowest BCUT2D eigenvalue weighted by molar-refractivity contribution is -0.115. The Morgan fingerprint density at radius 2 is 1.72 bits per heavy atom. The van der Waals surface area contributed by atoms with Gasteiger partial charge in [-0.2, -0.15) is 0 Å². The van der Waals surface area contributed by atoms with Gasteiger partial charge < -0.3 is 5.32 Å². The van der Waals surface area contributed by atoms with Crippen molar-refractivity contribution in [3.8, 4) is 0 Å². The fourth-order valence-electron chi connectivity index (χ4n) is 2.30. The number of anilines is 1. The molecule has 0 spiro atoms. The molecular weight excluding hydrogens is 341 g/mol. The predicted molar refractivity (Wildman–Crippen MR) is 96.8 cm³/mol. The lowest BCUT2D eigenvalue weighted by Crippen LogP contribution is -2.18. The monoisotopic (exact) mass is 363 g/mol. The highest BCUT2D eigenvalue weighted by Crippen LogP contribution is 2.24. The summed E-state index contributed by atoms with van der Waals surface area (Å²) in [6.45, 7) is 6.15. The zero-order chi connectivity index (χ0) is 18.7. The van der Waals surface area contributed by atoms with Crippen molar-refractivity contribution in [3.05, 3.63) is 59.9 Å². The quantitative estimate of drug-likeness (QED) is 0.875. The second-order valence-corrected chi connectivity index (χ2v) is 9.01. The van der Waals surface area contributed by atoms with Gasteiger partial charge in [-0.3, -0.25) is 4.79 Å². The number of nitrogens with one attached hydrogen (secondary N) is 1. The van der Waals surface area contributed by atoms with Crippen LogP contribution in [-0.2, 0) is 20.0 Å². The van der Waals surface area contributed by atoms with Crippen LogP contribution in [0.1, 0.15) is 32.8 Å². The molecular formula is C19H22FNO3S. The molecule has 25 heavy (non-hydrogen) atoms. The van der Waals surface area contributed by atoms with Crippen LogP contribution >= 0.6 is 0 Å². The Morgan fingerprint density at radius 1 is 1.08 bits per heavy atom. The maximum atomic E-state index is 13.1. The van der Waals surface area contributed by atoms with Crippen LogP contribution in [0.5, 0.6) is 0 Å². The number of hydrogen-bond acceptors (Lipinski definition) is 3. The van der Waals surface area contributed by atoms with Crippen LogP contribution in [0.25, 0.3) is 0 Å². The van der Waals surface area contributed by atoms with E-state index in [-0.39, 0.29) is 22.5 Å². The Balaban J connectivity index is 2.00.